The van der Waals surface area contributed by atoms with E-state index in [4.69, 9.17) is 9.47 Å². The minimum atomic E-state index is -0.425. The van der Waals surface area contributed by atoms with Gasteiger partial charge < -0.3 is 14.8 Å². The molecule has 1 N–H and O–H groups in total. The monoisotopic (exact) mass is 395 g/mol. The van der Waals surface area contributed by atoms with Crippen LogP contribution in [0.15, 0.2) is 79.0 Å². The van der Waals surface area contributed by atoms with E-state index in [1.807, 2.05) is 72.8 Å². The standard InChI is InChI=1S/C24H17N3O3/c28-24-17-7-1-2-9-19(17)26-23(18-8-3-5-15-6-4-12-25-22(15)18)27(24)16-10-11-20-21(13-16)30-14-29-20/h1-13,23,26H,14H2. The second kappa shape index (κ2) is 6.49. The average molecular weight is 395 g/mol. The summed E-state index contributed by atoms with van der Waals surface area (Å²) in [5.41, 5.74) is 3.94. The topological polar surface area (TPSA) is 63.7 Å². The minimum Gasteiger partial charge on any atom is -0.454 e. The Morgan fingerprint density at radius 3 is 2.77 bits per heavy atom. The van der Waals surface area contributed by atoms with E-state index in [-0.39, 0.29) is 12.7 Å². The van der Waals surface area contributed by atoms with E-state index < -0.39 is 6.17 Å². The summed E-state index contributed by atoms with van der Waals surface area (Å²) in [6, 6.07) is 23.1. The van der Waals surface area contributed by atoms with Gasteiger partial charge in [-0.1, -0.05) is 36.4 Å². The fraction of sp³-hybridized carbons (Fsp3) is 0.0833. The van der Waals surface area contributed by atoms with Crippen molar-refractivity contribution in [2.75, 3.05) is 17.0 Å². The van der Waals surface area contributed by atoms with Gasteiger partial charge in [-0.25, -0.2) is 0 Å². The van der Waals surface area contributed by atoms with Crippen LogP contribution >= 0.6 is 0 Å². The first kappa shape index (κ1) is 16.9. The summed E-state index contributed by atoms with van der Waals surface area (Å²) in [4.78, 5) is 20.0. The highest BCUT2D eigenvalue weighted by Gasteiger charge is 2.35. The molecule has 0 aliphatic carbocycles. The van der Waals surface area contributed by atoms with Gasteiger partial charge in [0.2, 0.25) is 6.79 Å². The lowest BCUT2D eigenvalue weighted by atomic mass is 10.0. The van der Waals surface area contributed by atoms with Crippen LogP contribution in [0.25, 0.3) is 10.9 Å². The van der Waals surface area contributed by atoms with Crippen molar-refractivity contribution in [2.45, 2.75) is 6.17 Å². The van der Waals surface area contributed by atoms with Crippen molar-refractivity contribution in [3.63, 3.8) is 0 Å². The highest BCUT2D eigenvalue weighted by atomic mass is 16.7. The van der Waals surface area contributed by atoms with Crippen LogP contribution in [0.2, 0.25) is 0 Å². The Balaban J connectivity index is 1.56. The van der Waals surface area contributed by atoms with Gasteiger partial charge in [0, 0.05) is 28.9 Å². The molecule has 0 spiro atoms. The number of carbonyl (C=O) groups is 1. The molecule has 30 heavy (non-hydrogen) atoms. The van der Waals surface area contributed by atoms with Crippen molar-refractivity contribution in [1.82, 2.24) is 4.98 Å². The van der Waals surface area contributed by atoms with Crippen LogP contribution in [0.1, 0.15) is 22.1 Å². The molecule has 6 nitrogen and oxygen atoms in total. The number of carbonyl (C=O) groups excluding carboxylic acids is 1. The highest BCUT2D eigenvalue weighted by molar-refractivity contribution is 6.12. The zero-order valence-corrected chi connectivity index (χ0v) is 15.9. The van der Waals surface area contributed by atoms with Crippen molar-refractivity contribution in [1.29, 1.82) is 0 Å². The summed E-state index contributed by atoms with van der Waals surface area (Å²) in [6.07, 6.45) is 1.35. The highest BCUT2D eigenvalue weighted by Crippen LogP contribution is 2.42. The van der Waals surface area contributed by atoms with Crippen molar-refractivity contribution >= 4 is 28.2 Å². The summed E-state index contributed by atoms with van der Waals surface area (Å²) in [5.74, 6) is 1.23. The molecule has 0 radical (unpaired) electrons. The van der Waals surface area contributed by atoms with Gasteiger partial charge in [0.05, 0.1) is 16.8 Å². The maximum atomic E-state index is 13.6. The van der Waals surface area contributed by atoms with Crippen LogP contribution in [0.3, 0.4) is 0 Å². The lowest BCUT2D eigenvalue weighted by molar-refractivity contribution is 0.0975. The zero-order chi connectivity index (χ0) is 20.1. The normalized spacial score (nSPS) is 17.0. The van der Waals surface area contributed by atoms with Crippen molar-refractivity contribution < 1.29 is 14.3 Å². The molecule has 1 unspecified atom stereocenters. The maximum Gasteiger partial charge on any atom is 0.262 e. The molecule has 0 bridgehead atoms. The number of hydrogen-bond acceptors (Lipinski definition) is 5. The summed E-state index contributed by atoms with van der Waals surface area (Å²) in [6.45, 7) is 0.185. The van der Waals surface area contributed by atoms with Crippen LogP contribution < -0.4 is 19.7 Å². The van der Waals surface area contributed by atoms with Crippen LogP contribution in [0.4, 0.5) is 11.4 Å². The van der Waals surface area contributed by atoms with Crippen molar-refractivity contribution in [3.05, 3.63) is 90.1 Å². The van der Waals surface area contributed by atoms with Gasteiger partial charge in [0.25, 0.3) is 5.91 Å². The van der Waals surface area contributed by atoms with Gasteiger partial charge in [0.1, 0.15) is 6.17 Å². The van der Waals surface area contributed by atoms with Crippen molar-refractivity contribution in [2.24, 2.45) is 0 Å². The Bertz CT molecular complexity index is 1300. The number of benzene rings is 3. The SMILES string of the molecule is O=C1c2ccccc2NC(c2cccc3cccnc23)N1c1ccc2c(c1)OCO2. The molecule has 6 heteroatoms. The summed E-state index contributed by atoms with van der Waals surface area (Å²) < 4.78 is 11.0. The van der Waals surface area contributed by atoms with E-state index in [1.165, 1.54) is 0 Å². The molecule has 3 aromatic carbocycles. The number of nitrogens with zero attached hydrogens (tertiary/aromatic N) is 2. The largest absolute Gasteiger partial charge is 0.454 e. The number of pyridine rings is 1. The third kappa shape index (κ3) is 2.50. The molecule has 0 fully saturated rings. The Kier molecular flexibility index (Phi) is 3.64. The summed E-state index contributed by atoms with van der Waals surface area (Å²) >= 11 is 0. The Labute approximate surface area is 172 Å². The number of fused-ring (bicyclic) bond motifs is 3. The smallest absolute Gasteiger partial charge is 0.262 e. The van der Waals surface area contributed by atoms with Crippen LogP contribution in [0.5, 0.6) is 11.5 Å². The first-order valence-corrected chi connectivity index (χ1v) is 9.72. The fourth-order valence-electron chi connectivity index (χ4n) is 4.12. The Morgan fingerprint density at radius 2 is 1.80 bits per heavy atom. The number of nitrogens with one attached hydrogen (secondary N) is 1. The van der Waals surface area contributed by atoms with E-state index in [9.17, 15) is 4.79 Å². The quantitative estimate of drug-likeness (QED) is 0.531. The lowest BCUT2D eigenvalue weighted by Crippen LogP contribution is -2.43. The van der Waals surface area contributed by atoms with E-state index >= 15 is 0 Å². The summed E-state index contributed by atoms with van der Waals surface area (Å²) in [5, 5.41) is 4.57. The summed E-state index contributed by atoms with van der Waals surface area (Å²) in [7, 11) is 0. The molecule has 0 saturated carbocycles. The second-order valence-electron chi connectivity index (χ2n) is 7.23. The number of para-hydroxylation sites is 2. The molecule has 146 valence electrons. The Hall–Kier alpha value is -4.06. The maximum absolute atomic E-state index is 13.6. The van der Waals surface area contributed by atoms with Crippen molar-refractivity contribution in [3.8, 4) is 11.5 Å². The molecule has 6 rings (SSSR count). The molecule has 2 aliphatic rings. The predicted molar refractivity (Wildman–Crippen MR) is 114 cm³/mol. The Morgan fingerprint density at radius 1 is 0.933 bits per heavy atom. The van der Waals surface area contributed by atoms with Gasteiger partial charge in [-0.2, -0.15) is 0 Å². The van der Waals surface area contributed by atoms with E-state index in [0.717, 1.165) is 27.8 Å². The molecule has 2 aliphatic heterocycles. The molecule has 1 atom stereocenters. The van der Waals surface area contributed by atoms with Crippen LogP contribution in [0, 0.1) is 0 Å². The molecule has 1 aromatic heterocycles. The van der Waals surface area contributed by atoms with E-state index in [1.54, 1.807) is 11.1 Å². The molecule has 0 saturated heterocycles. The third-order valence-electron chi connectivity index (χ3n) is 5.52. The second-order valence-corrected chi connectivity index (χ2v) is 7.23. The predicted octanol–water partition coefficient (Wildman–Crippen LogP) is 4.73. The molecule has 3 heterocycles. The molecule has 4 aromatic rings. The van der Waals surface area contributed by atoms with Gasteiger partial charge in [-0.05, 0) is 30.3 Å². The average Bonchev–Trinajstić information content (AvgIpc) is 3.26. The van der Waals surface area contributed by atoms with E-state index in [2.05, 4.69) is 10.3 Å². The van der Waals surface area contributed by atoms with Gasteiger partial charge in [-0.3, -0.25) is 14.7 Å². The first-order valence-electron chi connectivity index (χ1n) is 9.72. The fourth-order valence-corrected chi connectivity index (χ4v) is 4.12. The van der Waals surface area contributed by atoms with E-state index in [0.29, 0.717) is 17.1 Å². The molecular formula is C24H17N3O3. The third-order valence-corrected chi connectivity index (χ3v) is 5.52. The molecular weight excluding hydrogens is 378 g/mol. The van der Waals surface area contributed by atoms with Crippen LogP contribution in [-0.4, -0.2) is 17.7 Å². The number of anilines is 2. The van der Waals surface area contributed by atoms with Gasteiger partial charge in [-0.15, -0.1) is 0 Å². The lowest BCUT2D eigenvalue weighted by Gasteiger charge is -2.38. The number of rotatable bonds is 2. The van der Waals surface area contributed by atoms with Gasteiger partial charge >= 0.3 is 0 Å². The van der Waals surface area contributed by atoms with Crippen LogP contribution in [-0.2, 0) is 0 Å². The number of hydrogen-bond donors (Lipinski definition) is 1. The molecule has 1 amide bonds. The number of amides is 1. The zero-order valence-electron chi connectivity index (χ0n) is 15.9. The van der Waals surface area contributed by atoms with Gasteiger partial charge in [0.15, 0.2) is 11.5 Å². The number of aromatic nitrogens is 1. The first-order chi connectivity index (χ1) is 14.8. The minimum absolute atomic E-state index is 0.0823. The number of ether oxygens (including phenoxy) is 2.